The first-order chi connectivity index (χ1) is 5.68. The molecule has 0 saturated carbocycles. The average Bonchev–Trinajstić information content (AvgIpc) is 2.33. The van der Waals surface area contributed by atoms with Gasteiger partial charge in [-0.15, -0.1) is 11.6 Å². The molecule has 0 radical (unpaired) electrons. The zero-order valence-electron chi connectivity index (χ0n) is 5.84. The summed E-state index contributed by atoms with van der Waals surface area (Å²) in [5.41, 5.74) is 3.32. The van der Waals surface area contributed by atoms with Crippen molar-refractivity contribution >= 4 is 34.8 Å². The van der Waals surface area contributed by atoms with Crippen molar-refractivity contribution in [1.29, 1.82) is 0 Å². The molecule has 0 spiro atoms. The number of alkyl halides is 1. The number of carbonyl (C=O) groups is 1. The molecule has 0 aromatic heterocycles. The molecule has 5 heteroatoms. The number of nitrogens with zero attached hydrogens (tertiary/aromatic N) is 1. The molecular formula is C7H4Cl2N2O. The smallest absolute Gasteiger partial charge is 0.267 e. The van der Waals surface area contributed by atoms with Gasteiger partial charge in [0.05, 0.1) is 16.7 Å². The van der Waals surface area contributed by atoms with Crippen LogP contribution in [0.25, 0.3) is 0 Å². The molecule has 0 fully saturated rings. The lowest BCUT2D eigenvalue weighted by molar-refractivity contribution is -0.116. The zero-order chi connectivity index (χ0) is 8.72. The molecule has 0 bridgehead atoms. The number of allylic oxidation sites excluding steroid dienone is 3. The molecule has 1 amide bonds. The molecule has 2 aliphatic rings. The number of hydrogen-bond acceptors (Lipinski definition) is 2. The van der Waals surface area contributed by atoms with E-state index in [1.54, 1.807) is 12.2 Å². The summed E-state index contributed by atoms with van der Waals surface area (Å²) in [6.07, 6.45) is 3.19. The summed E-state index contributed by atoms with van der Waals surface area (Å²) in [4.78, 5) is 11.1. The third kappa shape index (κ3) is 1.06. The normalized spacial score (nSPS) is 27.0. The molecule has 1 aliphatic heterocycles. The van der Waals surface area contributed by atoms with Crippen LogP contribution in [-0.4, -0.2) is 17.0 Å². The Morgan fingerprint density at radius 2 is 2.33 bits per heavy atom. The second-order valence-electron chi connectivity index (χ2n) is 2.45. The number of hydrazone groups is 1. The summed E-state index contributed by atoms with van der Waals surface area (Å²) in [5.74, 6) is -0.248. The highest BCUT2D eigenvalue weighted by molar-refractivity contribution is 6.45. The van der Waals surface area contributed by atoms with E-state index in [1.807, 2.05) is 0 Å². The van der Waals surface area contributed by atoms with Crippen LogP contribution in [0.1, 0.15) is 0 Å². The molecule has 2 rings (SSSR count). The topological polar surface area (TPSA) is 41.5 Å². The van der Waals surface area contributed by atoms with Crippen molar-refractivity contribution in [3.05, 3.63) is 22.8 Å². The van der Waals surface area contributed by atoms with E-state index >= 15 is 0 Å². The molecule has 3 nitrogen and oxygen atoms in total. The van der Waals surface area contributed by atoms with Crippen molar-refractivity contribution in [2.75, 3.05) is 0 Å². The van der Waals surface area contributed by atoms with E-state index in [-0.39, 0.29) is 5.91 Å². The SMILES string of the molecule is O=C1NN=C2C1=CC(Cl)=CC2Cl. The fourth-order valence-corrected chi connectivity index (χ4v) is 1.70. The summed E-state index contributed by atoms with van der Waals surface area (Å²) in [6.45, 7) is 0. The lowest BCUT2D eigenvalue weighted by Crippen LogP contribution is -2.19. The molecule has 12 heavy (non-hydrogen) atoms. The highest BCUT2D eigenvalue weighted by Gasteiger charge is 2.29. The van der Waals surface area contributed by atoms with Gasteiger partial charge in [-0.3, -0.25) is 4.79 Å². The van der Waals surface area contributed by atoms with Crippen LogP contribution in [0.5, 0.6) is 0 Å². The Morgan fingerprint density at radius 1 is 1.58 bits per heavy atom. The summed E-state index contributed by atoms with van der Waals surface area (Å²) in [6, 6.07) is 0. The molecule has 0 aromatic rings. The Labute approximate surface area is 78.7 Å². The molecule has 0 aromatic carbocycles. The Hall–Kier alpha value is -0.800. The van der Waals surface area contributed by atoms with Crippen molar-refractivity contribution < 1.29 is 4.79 Å². The van der Waals surface area contributed by atoms with Gasteiger partial charge in [0, 0.05) is 5.03 Å². The predicted molar refractivity (Wildman–Crippen MR) is 47.2 cm³/mol. The van der Waals surface area contributed by atoms with E-state index in [4.69, 9.17) is 23.2 Å². The lowest BCUT2D eigenvalue weighted by atomic mass is 10.0. The molecular weight excluding hydrogens is 199 g/mol. The number of rotatable bonds is 0. The minimum atomic E-state index is -0.406. The van der Waals surface area contributed by atoms with Gasteiger partial charge < -0.3 is 0 Å². The van der Waals surface area contributed by atoms with Crippen LogP contribution in [0.4, 0.5) is 0 Å². The second-order valence-corrected chi connectivity index (χ2v) is 3.36. The molecule has 62 valence electrons. The van der Waals surface area contributed by atoms with E-state index in [1.165, 1.54) is 0 Å². The zero-order valence-corrected chi connectivity index (χ0v) is 7.36. The highest BCUT2D eigenvalue weighted by Crippen LogP contribution is 2.24. The van der Waals surface area contributed by atoms with E-state index in [0.717, 1.165) is 0 Å². The molecule has 0 saturated heterocycles. The molecule has 1 unspecified atom stereocenters. The molecule has 1 N–H and O–H groups in total. The summed E-state index contributed by atoms with van der Waals surface area (Å²) < 4.78 is 0. The second kappa shape index (κ2) is 2.61. The van der Waals surface area contributed by atoms with Gasteiger partial charge >= 0.3 is 0 Å². The maximum Gasteiger partial charge on any atom is 0.273 e. The van der Waals surface area contributed by atoms with Crippen LogP contribution < -0.4 is 5.43 Å². The highest BCUT2D eigenvalue weighted by atomic mass is 35.5. The maximum atomic E-state index is 11.1. The third-order valence-corrected chi connectivity index (χ3v) is 2.22. The molecule has 1 heterocycles. The first-order valence-corrected chi connectivity index (χ1v) is 4.11. The number of halogens is 2. The fourth-order valence-electron chi connectivity index (χ4n) is 1.10. The van der Waals surface area contributed by atoms with Gasteiger partial charge in [-0.1, -0.05) is 11.6 Å². The van der Waals surface area contributed by atoms with Gasteiger partial charge in [0.15, 0.2) is 0 Å². The van der Waals surface area contributed by atoms with Crippen molar-refractivity contribution in [2.45, 2.75) is 5.38 Å². The summed E-state index contributed by atoms with van der Waals surface area (Å²) in [5, 5.41) is 3.83. The number of fused-ring (bicyclic) bond motifs is 1. The Kier molecular flexibility index (Phi) is 1.70. The van der Waals surface area contributed by atoms with Crippen molar-refractivity contribution in [3.63, 3.8) is 0 Å². The predicted octanol–water partition coefficient (Wildman–Crippen LogP) is 1.14. The van der Waals surface area contributed by atoms with Gasteiger partial charge in [0.2, 0.25) is 0 Å². The van der Waals surface area contributed by atoms with Crippen LogP contribution in [0.2, 0.25) is 0 Å². The van der Waals surface area contributed by atoms with Crippen molar-refractivity contribution in [1.82, 2.24) is 5.43 Å². The Morgan fingerprint density at radius 3 is 3.08 bits per heavy atom. The van der Waals surface area contributed by atoms with Crippen LogP contribution in [0, 0.1) is 0 Å². The number of hydrogen-bond donors (Lipinski definition) is 1. The molecule has 1 aliphatic carbocycles. The summed E-state index contributed by atoms with van der Waals surface area (Å²) in [7, 11) is 0. The monoisotopic (exact) mass is 202 g/mol. The van der Waals surface area contributed by atoms with Crippen LogP contribution >= 0.6 is 23.2 Å². The van der Waals surface area contributed by atoms with E-state index in [0.29, 0.717) is 16.3 Å². The van der Waals surface area contributed by atoms with E-state index in [9.17, 15) is 4.79 Å². The first kappa shape index (κ1) is 7.83. The van der Waals surface area contributed by atoms with Crippen molar-refractivity contribution in [3.8, 4) is 0 Å². The first-order valence-electron chi connectivity index (χ1n) is 3.30. The fraction of sp³-hybridized carbons (Fsp3) is 0.143. The minimum absolute atomic E-state index is 0.248. The lowest BCUT2D eigenvalue weighted by Gasteiger charge is -2.09. The van der Waals surface area contributed by atoms with E-state index < -0.39 is 5.38 Å². The largest absolute Gasteiger partial charge is 0.273 e. The van der Waals surface area contributed by atoms with Gasteiger partial charge in [0.1, 0.15) is 0 Å². The van der Waals surface area contributed by atoms with Gasteiger partial charge in [-0.2, -0.15) is 5.10 Å². The molecule has 1 atom stereocenters. The third-order valence-electron chi connectivity index (χ3n) is 1.65. The number of nitrogens with one attached hydrogen (secondary N) is 1. The Bertz CT molecular complexity index is 343. The van der Waals surface area contributed by atoms with Gasteiger partial charge in [0.25, 0.3) is 5.91 Å². The number of amides is 1. The quantitative estimate of drug-likeness (QED) is 0.589. The van der Waals surface area contributed by atoms with E-state index in [2.05, 4.69) is 10.5 Å². The number of carbonyl (C=O) groups excluding carboxylic acids is 1. The standard InChI is InChI=1S/C7H4Cl2N2O/c8-3-1-4-6(5(9)2-3)10-11-7(4)12/h1-2,5H,(H,11,12). The van der Waals surface area contributed by atoms with Gasteiger partial charge in [-0.05, 0) is 12.2 Å². The minimum Gasteiger partial charge on any atom is -0.267 e. The van der Waals surface area contributed by atoms with Crippen LogP contribution in [-0.2, 0) is 4.79 Å². The van der Waals surface area contributed by atoms with Crippen LogP contribution in [0.3, 0.4) is 0 Å². The Balaban J connectivity index is 2.48. The van der Waals surface area contributed by atoms with Gasteiger partial charge in [-0.25, -0.2) is 5.43 Å². The average molecular weight is 203 g/mol. The summed E-state index contributed by atoms with van der Waals surface area (Å²) >= 11 is 11.6. The van der Waals surface area contributed by atoms with Crippen molar-refractivity contribution in [2.24, 2.45) is 5.10 Å². The maximum absolute atomic E-state index is 11.1. The van der Waals surface area contributed by atoms with Crippen LogP contribution in [0.15, 0.2) is 27.9 Å².